The molecule has 1 aliphatic rings. The molecule has 1 fully saturated rings. The van der Waals surface area contributed by atoms with Crippen LogP contribution in [0.2, 0.25) is 0 Å². The van der Waals surface area contributed by atoms with Crippen LogP contribution in [-0.2, 0) is 10.2 Å². The van der Waals surface area contributed by atoms with Gasteiger partial charge in [-0.2, -0.15) is 17.4 Å². The Hall–Kier alpha value is -1.11. The topological polar surface area (TPSA) is 58.6 Å². The first kappa shape index (κ1) is 16.3. The first-order valence-corrected chi connectivity index (χ1v) is 8.85. The standard InChI is InChI=1S/C15H24N2O3S/c1-13-5-7-15(8-6-13)20-11-9-16-21(18,19)17-10-3-4-14(2)12-17/h5-8,14,16H,3-4,9-12H2,1-2H3/t14-/m0/s1. The molecule has 1 heterocycles. The molecule has 1 N–H and O–H groups in total. The molecule has 0 spiro atoms. The van der Waals surface area contributed by atoms with Crippen LogP contribution >= 0.6 is 0 Å². The molecular weight excluding hydrogens is 288 g/mol. The lowest BCUT2D eigenvalue weighted by atomic mass is 10.0. The third kappa shape index (κ3) is 4.98. The van der Waals surface area contributed by atoms with Crippen molar-refractivity contribution in [3.63, 3.8) is 0 Å². The Balaban J connectivity index is 1.75. The molecular formula is C15H24N2O3S. The van der Waals surface area contributed by atoms with Crippen molar-refractivity contribution in [3.05, 3.63) is 29.8 Å². The van der Waals surface area contributed by atoms with E-state index in [4.69, 9.17) is 4.74 Å². The van der Waals surface area contributed by atoms with Crippen molar-refractivity contribution in [2.45, 2.75) is 26.7 Å². The fourth-order valence-electron chi connectivity index (χ4n) is 2.43. The zero-order chi connectivity index (χ0) is 15.3. The molecule has 2 rings (SSSR count). The van der Waals surface area contributed by atoms with E-state index in [1.165, 1.54) is 9.87 Å². The molecule has 0 radical (unpaired) electrons. The number of nitrogens with zero attached hydrogens (tertiary/aromatic N) is 1. The third-order valence-corrected chi connectivity index (χ3v) is 5.22. The molecule has 0 saturated carbocycles. The van der Waals surface area contributed by atoms with E-state index >= 15 is 0 Å². The number of aryl methyl sites for hydroxylation is 1. The van der Waals surface area contributed by atoms with Gasteiger partial charge in [0.05, 0.1) is 0 Å². The van der Waals surface area contributed by atoms with E-state index in [0.717, 1.165) is 18.6 Å². The van der Waals surface area contributed by atoms with E-state index < -0.39 is 10.2 Å². The smallest absolute Gasteiger partial charge is 0.279 e. The summed E-state index contributed by atoms with van der Waals surface area (Å²) in [5, 5.41) is 0. The Morgan fingerprint density at radius 2 is 2.05 bits per heavy atom. The van der Waals surface area contributed by atoms with Crippen molar-refractivity contribution in [3.8, 4) is 5.75 Å². The highest BCUT2D eigenvalue weighted by molar-refractivity contribution is 7.87. The zero-order valence-corrected chi connectivity index (χ0v) is 13.5. The van der Waals surface area contributed by atoms with Gasteiger partial charge >= 0.3 is 0 Å². The average molecular weight is 312 g/mol. The van der Waals surface area contributed by atoms with Crippen molar-refractivity contribution < 1.29 is 13.2 Å². The van der Waals surface area contributed by atoms with E-state index in [1.807, 2.05) is 31.2 Å². The SMILES string of the molecule is Cc1ccc(OCCNS(=O)(=O)N2CCC[C@H](C)C2)cc1. The number of hydrogen-bond acceptors (Lipinski definition) is 3. The Morgan fingerprint density at radius 1 is 1.33 bits per heavy atom. The van der Waals surface area contributed by atoms with E-state index in [0.29, 0.717) is 25.6 Å². The predicted molar refractivity (Wildman–Crippen MR) is 83.6 cm³/mol. The van der Waals surface area contributed by atoms with Gasteiger partial charge in [-0.1, -0.05) is 24.6 Å². The molecule has 0 amide bonds. The molecule has 0 aliphatic carbocycles. The van der Waals surface area contributed by atoms with Gasteiger partial charge in [0.15, 0.2) is 0 Å². The van der Waals surface area contributed by atoms with E-state index in [-0.39, 0.29) is 6.54 Å². The maximum Gasteiger partial charge on any atom is 0.279 e. The first-order valence-electron chi connectivity index (χ1n) is 7.41. The summed E-state index contributed by atoms with van der Waals surface area (Å²) in [6, 6.07) is 7.70. The van der Waals surface area contributed by atoms with E-state index in [1.54, 1.807) is 0 Å². The van der Waals surface area contributed by atoms with Gasteiger partial charge in [0.25, 0.3) is 10.2 Å². The maximum atomic E-state index is 12.1. The number of ether oxygens (including phenoxy) is 1. The van der Waals surface area contributed by atoms with Crippen molar-refractivity contribution in [2.24, 2.45) is 5.92 Å². The molecule has 1 aliphatic heterocycles. The summed E-state index contributed by atoms with van der Waals surface area (Å²) in [6.07, 6.45) is 2.03. The third-order valence-electron chi connectivity index (χ3n) is 3.64. The number of rotatable bonds is 6. The summed E-state index contributed by atoms with van der Waals surface area (Å²) in [7, 11) is -3.37. The second-order valence-corrected chi connectivity index (χ2v) is 7.42. The number of hydrogen-bond donors (Lipinski definition) is 1. The van der Waals surface area contributed by atoms with Gasteiger partial charge in [-0.3, -0.25) is 0 Å². The van der Waals surface area contributed by atoms with Crippen LogP contribution in [-0.4, -0.2) is 39.0 Å². The van der Waals surface area contributed by atoms with E-state index in [9.17, 15) is 8.42 Å². The molecule has 0 unspecified atom stereocenters. The van der Waals surface area contributed by atoms with Gasteiger partial charge in [0, 0.05) is 19.6 Å². The summed E-state index contributed by atoms with van der Waals surface area (Å²) >= 11 is 0. The molecule has 1 saturated heterocycles. The minimum absolute atomic E-state index is 0.279. The van der Waals surface area contributed by atoms with Crippen LogP contribution < -0.4 is 9.46 Å². The molecule has 0 bridgehead atoms. The van der Waals surface area contributed by atoms with Crippen LogP contribution in [0.1, 0.15) is 25.3 Å². The van der Waals surface area contributed by atoms with Gasteiger partial charge in [-0.05, 0) is 37.8 Å². The molecule has 0 aromatic heterocycles. The van der Waals surface area contributed by atoms with Gasteiger partial charge in [-0.25, -0.2) is 0 Å². The van der Waals surface area contributed by atoms with Crippen molar-refractivity contribution in [1.29, 1.82) is 0 Å². The molecule has 1 atom stereocenters. The summed E-state index contributed by atoms with van der Waals surface area (Å²) in [5.74, 6) is 1.19. The highest BCUT2D eigenvalue weighted by atomic mass is 32.2. The van der Waals surface area contributed by atoms with Gasteiger partial charge in [0.1, 0.15) is 12.4 Å². The first-order chi connectivity index (χ1) is 9.97. The Morgan fingerprint density at radius 3 is 2.71 bits per heavy atom. The maximum absolute atomic E-state index is 12.1. The average Bonchev–Trinajstić information content (AvgIpc) is 2.45. The molecule has 1 aromatic carbocycles. The Labute approximate surface area is 127 Å². The van der Waals surface area contributed by atoms with Crippen LogP contribution in [0.5, 0.6) is 5.75 Å². The molecule has 21 heavy (non-hydrogen) atoms. The van der Waals surface area contributed by atoms with Gasteiger partial charge in [0.2, 0.25) is 0 Å². The van der Waals surface area contributed by atoms with Crippen molar-refractivity contribution in [2.75, 3.05) is 26.2 Å². The summed E-state index contributed by atoms with van der Waals surface area (Å²) in [6.45, 7) is 5.92. The fourth-order valence-corrected chi connectivity index (χ4v) is 3.77. The minimum Gasteiger partial charge on any atom is -0.492 e. The van der Waals surface area contributed by atoms with Crippen LogP contribution in [0.3, 0.4) is 0 Å². The lowest BCUT2D eigenvalue weighted by Crippen LogP contribution is -2.46. The summed E-state index contributed by atoms with van der Waals surface area (Å²) < 4.78 is 34.0. The highest BCUT2D eigenvalue weighted by Gasteiger charge is 2.26. The largest absolute Gasteiger partial charge is 0.492 e. The lowest BCUT2D eigenvalue weighted by molar-refractivity contribution is 0.275. The zero-order valence-electron chi connectivity index (χ0n) is 12.7. The van der Waals surface area contributed by atoms with Crippen molar-refractivity contribution in [1.82, 2.24) is 9.03 Å². The molecule has 118 valence electrons. The van der Waals surface area contributed by atoms with Gasteiger partial charge in [-0.15, -0.1) is 0 Å². The second-order valence-electron chi connectivity index (χ2n) is 5.67. The second kappa shape index (κ2) is 7.24. The Kier molecular flexibility index (Phi) is 5.61. The summed E-state index contributed by atoms with van der Waals surface area (Å²) in [4.78, 5) is 0. The van der Waals surface area contributed by atoms with Crippen LogP contribution in [0.25, 0.3) is 0 Å². The van der Waals surface area contributed by atoms with Crippen LogP contribution in [0, 0.1) is 12.8 Å². The highest BCUT2D eigenvalue weighted by Crippen LogP contribution is 2.17. The molecule has 6 heteroatoms. The van der Waals surface area contributed by atoms with Crippen molar-refractivity contribution >= 4 is 10.2 Å². The number of nitrogens with one attached hydrogen (secondary N) is 1. The lowest BCUT2D eigenvalue weighted by Gasteiger charge is -2.29. The quantitative estimate of drug-likeness (QED) is 0.817. The fraction of sp³-hybridized carbons (Fsp3) is 0.600. The molecule has 5 nitrogen and oxygen atoms in total. The van der Waals surface area contributed by atoms with Gasteiger partial charge < -0.3 is 4.74 Å². The number of piperidine rings is 1. The number of benzene rings is 1. The van der Waals surface area contributed by atoms with Crippen LogP contribution in [0.4, 0.5) is 0 Å². The monoisotopic (exact) mass is 312 g/mol. The predicted octanol–water partition coefficient (Wildman–Crippen LogP) is 1.94. The minimum atomic E-state index is -3.37. The van der Waals surface area contributed by atoms with E-state index in [2.05, 4.69) is 11.6 Å². The Bertz CT molecular complexity index is 543. The summed E-state index contributed by atoms with van der Waals surface area (Å²) in [5.41, 5.74) is 1.17. The van der Waals surface area contributed by atoms with Crippen LogP contribution in [0.15, 0.2) is 24.3 Å². The normalized spacial score (nSPS) is 20.4. The molecule has 1 aromatic rings.